The molecule has 2 unspecified atom stereocenters. The van der Waals surface area contributed by atoms with Crippen LogP contribution in [0.15, 0.2) is 0 Å². The van der Waals surface area contributed by atoms with Gasteiger partial charge in [0.1, 0.15) is 0 Å². The Morgan fingerprint density at radius 1 is 1.40 bits per heavy atom. The minimum Gasteiger partial charge on any atom is -0.481 e. The van der Waals surface area contributed by atoms with Crippen LogP contribution in [-0.4, -0.2) is 39.0 Å². The number of hydroxylamine groups is 2. The van der Waals surface area contributed by atoms with Crippen molar-refractivity contribution >= 4 is 5.97 Å². The summed E-state index contributed by atoms with van der Waals surface area (Å²) in [7, 11) is 0. The van der Waals surface area contributed by atoms with E-state index >= 15 is 0 Å². The first kappa shape index (κ1) is 12.4. The Morgan fingerprint density at radius 2 is 1.93 bits per heavy atom. The average Bonchev–Trinajstić information content (AvgIpc) is 2.42. The van der Waals surface area contributed by atoms with Gasteiger partial charge in [-0.1, -0.05) is 0 Å². The van der Waals surface area contributed by atoms with Crippen LogP contribution in [0.2, 0.25) is 0 Å². The molecule has 0 spiro atoms. The molecule has 0 aromatic heterocycles. The van der Waals surface area contributed by atoms with E-state index in [-0.39, 0.29) is 6.42 Å². The molecule has 1 rings (SSSR count). The first-order valence-corrected chi connectivity index (χ1v) is 5.25. The number of hydrogen-bond acceptors (Lipinski definition) is 4. The lowest BCUT2D eigenvalue weighted by Gasteiger charge is -2.38. The monoisotopic (exact) mass is 216 g/mol. The van der Waals surface area contributed by atoms with Crippen LogP contribution in [0.4, 0.5) is 0 Å². The van der Waals surface area contributed by atoms with Gasteiger partial charge in [-0.25, -0.2) is 0 Å². The summed E-state index contributed by atoms with van der Waals surface area (Å²) in [6, 6.07) is 0. The molecule has 1 heterocycles. The molecule has 5 nitrogen and oxygen atoms in total. The second-order valence-electron chi connectivity index (χ2n) is 4.90. The van der Waals surface area contributed by atoms with E-state index in [1.54, 1.807) is 0 Å². The van der Waals surface area contributed by atoms with Gasteiger partial charge in [-0.05, 0) is 33.1 Å². The number of aliphatic carboxylic acids is 1. The second kappa shape index (κ2) is 4.08. The zero-order valence-electron chi connectivity index (χ0n) is 9.36. The van der Waals surface area contributed by atoms with Gasteiger partial charge < -0.3 is 16.0 Å². The lowest BCUT2D eigenvalue weighted by molar-refractivity contribution is -0.202. The minimum atomic E-state index is -0.828. The highest BCUT2D eigenvalue weighted by Crippen LogP contribution is 2.41. The molecule has 1 saturated heterocycles. The maximum Gasteiger partial charge on any atom is 0.303 e. The number of hydrogen-bond donors (Lipinski definition) is 3. The third-order valence-electron chi connectivity index (χ3n) is 3.54. The summed E-state index contributed by atoms with van der Waals surface area (Å²) in [5.41, 5.74) is 4.76. The van der Waals surface area contributed by atoms with E-state index < -0.39 is 17.0 Å². The zero-order valence-corrected chi connectivity index (χ0v) is 9.36. The van der Waals surface area contributed by atoms with E-state index in [1.165, 1.54) is 5.06 Å². The lowest BCUT2D eigenvalue weighted by Crippen LogP contribution is -2.52. The Labute approximate surface area is 89.8 Å². The summed E-state index contributed by atoms with van der Waals surface area (Å²) in [5, 5.41) is 19.9. The van der Waals surface area contributed by atoms with Gasteiger partial charge >= 0.3 is 5.97 Å². The van der Waals surface area contributed by atoms with Crippen molar-refractivity contribution in [1.82, 2.24) is 5.06 Å². The van der Waals surface area contributed by atoms with Crippen LogP contribution in [0.25, 0.3) is 0 Å². The summed E-state index contributed by atoms with van der Waals surface area (Å²) in [6.07, 6.45) is 2.11. The van der Waals surface area contributed by atoms with Crippen LogP contribution >= 0.6 is 0 Å². The topological polar surface area (TPSA) is 86.8 Å². The van der Waals surface area contributed by atoms with Crippen molar-refractivity contribution in [2.45, 2.75) is 50.6 Å². The molecule has 88 valence electrons. The smallest absolute Gasteiger partial charge is 0.303 e. The molecule has 2 atom stereocenters. The molecule has 15 heavy (non-hydrogen) atoms. The molecule has 0 bridgehead atoms. The summed E-state index contributed by atoms with van der Waals surface area (Å²) in [4.78, 5) is 10.5. The highest BCUT2D eigenvalue weighted by atomic mass is 16.5. The van der Waals surface area contributed by atoms with Crippen molar-refractivity contribution in [1.29, 1.82) is 0 Å². The summed E-state index contributed by atoms with van der Waals surface area (Å²) in [6.45, 7) is 4.17. The number of carboxylic acid groups (broad SMARTS) is 1. The fourth-order valence-corrected chi connectivity index (χ4v) is 2.20. The van der Waals surface area contributed by atoms with Crippen LogP contribution in [0.5, 0.6) is 0 Å². The van der Waals surface area contributed by atoms with Gasteiger partial charge in [-0.2, -0.15) is 5.06 Å². The Bertz CT molecular complexity index is 259. The standard InChI is InChI=1S/C10H20N2O3/c1-9(4-3-8(13)14)5-6-10(2,7-11)12(9)15/h15H,3-7,11H2,1-2H3,(H,13,14). The van der Waals surface area contributed by atoms with Crippen LogP contribution in [-0.2, 0) is 4.79 Å². The normalized spacial score (nSPS) is 37.1. The van der Waals surface area contributed by atoms with Crippen LogP contribution in [0.1, 0.15) is 39.5 Å². The average molecular weight is 216 g/mol. The molecule has 0 amide bonds. The molecule has 0 aliphatic carbocycles. The van der Waals surface area contributed by atoms with Crippen molar-refractivity contribution in [2.75, 3.05) is 6.54 Å². The molecule has 0 saturated carbocycles. The molecular weight excluding hydrogens is 196 g/mol. The Hall–Kier alpha value is -0.650. The molecule has 0 aromatic rings. The van der Waals surface area contributed by atoms with E-state index in [2.05, 4.69) is 0 Å². The van der Waals surface area contributed by atoms with Gasteiger partial charge in [0.15, 0.2) is 0 Å². The van der Waals surface area contributed by atoms with Gasteiger partial charge in [-0.3, -0.25) is 4.79 Å². The predicted octanol–water partition coefficient (Wildman–Crippen LogP) is 0.812. The summed E-state index contributed by atoms with van der Waals surface area (Å²) < 4.78 is 0. The maximum atomic E-state index is 10.5. The fraction of sp³-hybridized carbons (Fsp3) is 0.900. The molecule has 1 aliphatic heterocycles. The van der Waals surface area contributed by atoms with Crippen molar-refractivity contribution in [3.05, 3.63) is 0 Å². The van der Waals surface area contributed by atoms with Gasteiger partial charge in [0, 0.05) is 18.5 Å². The molecular formula is C10H20N2O3. The van der Waals surface area contributed by atoms with Crippen molar-refractivity contribution < 1.29 is 15.1 Å². The van der Waals surface area contributed by atoms with E-state index in [9.17, 15) is 10.0 Å². The molecule has 5 heteroatoms. The van der Waals surface area contributed by atoms with Crippen LogP contribution in [0, 0.1) is 0 Å². The molecule has 1 aliphatic rings. The minimum absolute atomic E-state index is 0.0776. The quantitative estimate of drug-likeness (QED) is 0.647. The van der Waals surface area contributed by atoms with Gasteiger partial charge in [-0.15, -0.1) is 0 Å². The zero-order chi connectivity index (χ0) is 11.7. The fourth-order valence-electron chi connectivity index (χ4n) is 2.20. The van der Waals surface area contributed by atoms with E-state index in [0.29, 0.717) is 13.0 Å². The summed E-state index contributed by atoms with van der Waals surface area (Å²) in [5.74, 6) is -0.828. The molecule has 0 aromatic carbocycles. The van der Waals surface area contributed by atoms with E-state index in [4.69, 9.17) is 10.8 Å². The van der Waals surface area contributed by atoms with E-state index in [1.807, 2.05) is 13.8 Å². The van der Waals surface area contributed by atoms with Gasteiger partial charge in [0.25, 0.3) is 0 Å². The van der Waals surface area contributed by atoms with Crippen LogP contribution < -0.4 is 5.73 Å². The van der Waals surface area contributed by atoms with Crippen LogP contribution in [0.3, 0.4) is 0 Å². The Balaban J connectivity index is 2.67. The lowest BCUT2D eigenvalue weighted by atomic mass is 9.93. The predicted molar refractivity (Wildman–Crippen MR) is 55.6 cm³/mol. The SMILES string of the molecule is CC1(CN)CCC(C)(CCC(=O)O)N1O. The van der Waals surface area contributed by atoms with Crippen molar-refractivity contribution in [2.24, 2.45) is 5.73 Å². The highest BCUT2D eigenvalue weighted by molar-refractivity contribution is 5.66. The number of nitrogens with two attached hydrogens (primary N) is 1. The molecule has 4 N–H and O–H groups in total. The highest BCUT2D eigenvalue weighted by Gasteiger charge is 2.48. The van der Waals surface area contributed by atoms with Gasteiger partial charge in [0.2, 0.25) is 0 Å². The third kappa shape index (κ3) is 2.30. The number of nitrogens with zero attached hydrogens (tertiary/aromatic N) is 1. The van der Waals surface area contributed by atoms with Gasteiger partial charge in [0.05, 0.1) is 5.54 Å². The molecule has 1 fully saturated rings. The third-order valence-corrected chi connectivity index (χ3v) is 3.54. The van der Waals surface area contributed by atoms with Crippen molar-refractivity contribution in [3.8, 4) is 0 Å². The number of carboxylic acids is 1. The first-order chi connectivity index (χ1) is 6.84. The number of rotatable bonds is 4. The van der Waals surface area contributed by atoms with E-state index in [0.717, 1.165) is 12.8 Å². The Kier molecular flexibility index (Phi) is 3.38. The molecule has 0 radical (unpaired) electrons. The van der Waals surface area contributed by atoms with Crippen molar-refractivity contribution in [3.63, 3.8) is 0 Å². The maximum absolute atomic E-state index is 10.5. The Morgan fingerprint density at radius 3 is 2.33 bits per heavy atom. The largest absolute Gasteiger partial charge is 0.481 e. The first-order valence-electron chi connectivity index (χ1n) is 5.25. The summed E-state index contributed by atoms with van der Waals surface area (Å²) >= 11 is 0. The number of carbonyl (C=O) groups is 1. The second-order valence-corrected chi connectivity index (χ2v) is 4.90.